The molecule has 0 unspecified atom stereocenters. The highest BCUT2D eigenvalue weighted by atomic mass is 32.2. The zero-order chi connectivity index (χ0) is 11.4. The SMILES string of the molecule is O=C(N[C@H]1CSC/C1=N/O)c1ccccc1. The summed E-state index contributed by atoms with van der Waals surface area (Å²) in [5, 5.41) is 14.8. The fourth-order valence-corrected chi connectivity index (χ4v) is 2.63. The highest BCUT2D eigenvalue weighted by Gasteiger charge is 2.25. The topological polar surface area (TPSA) is 61.7 Å². The van der Waals surface area contributed by atoms with Gasteiger partial charge < -0.3 is 10.5 Å². The van der Waals surface area contributed by atoms with Crippen molar-refractivity contribution in [1.29, 1.82) is 0 Å². The van der Waals surface area contributed by atoms with E-state index in [1.807, 2.05) is 18.2 Å². The highest BCUT2D eigenvalue weighted by molar-refractivity contribution is 8.00. The van der Waals surface area contributed by atoms with Gasteiger partial charge in [0, 0.05) is 17.1 Å². The molecule has 0 spiro atoms. The number of amides is 1. The molecule has 1 amide bonds. The van der Waals surface area contributed by atoms with Gasteiger partial charge in [-0.05, 0) is 12.1 Å². The second-order valence-corrected chi connectivity index (χ2v) is 4.53. The smallest absolute Gasteiger partial charge is 0.251 e. The van der Waals surface area contributed by atoms with Gasteiger partial charge in [0.25, 0.3) is 5.91 Å². The molecule has 1 aromatic carbocycles. The lowest BCUT2D eigenvalue weighted by molar-refractivity contribution is 0.0949. The Kier molecular flexibility index (Phi) is 3.46. The van der Waals surface area contributed by atoms with Crippen molar-refractivity contribution >= 4 is 23.4 Å². The maximum Gasteiger partial charge on any atom is 0.251 e. The van der Waals surface area contributed by atoms with Crippen LogP contribution in [0.3, 0.4) is 0 Å². The normalized spacial score (nSPS) is 22.2. The first kappa shape index (κ1) is 11.0. The van der Waals surface area contributed by atoms with Crippen molar-refractivity contribution in [3.05, 3.63) is 35.9 Å². The first-order valence-corrected chi connectivity index (χ1v) is 6.11. The predicted octanol–water partition coefficient (Wildman–Crippen LogP) is 1.36. The van der Waals surface area contributed by atoms with E-state index in [1.54, 1.807) is 23.9 Å². The Morgan fingerprint density at radius 3 is 2.88 bits per heavy atom. The van der Waals surface area contributed by atoms with Crippen molar-refractivity contribution in [3.8, 4) is 0 Å². The van der Waals surface area contributed by atoms with Crippen molar-refractivity contribution < 1.29 is 10.0 Å². The van der Waals surface area contributed by atoms with E-state index in [0.717, 1.165) is 5.75 Å². The molecule has 84 valence electrons. The van der Waals surface area contributed by atoms with Crippen LogP contribution in [-0.2, 0) is 0 Å². The number of thioether (sulfide) groups is 1. The maximum absolute atomic E-state index is 11.8. The lowest BCUT2D eigenvalue weighted by atomic mass is 10.2. The minimum atomic E-state index is -0.150. The molecule has 1 aliphatic heterocycles. The Balaban J connectivity index is 2.03. The van der Waals surface area contributed by atoms with Crippen molar-refractivity contribution in [2.45, 2.75) is 6.04 Å². The van der Waals surface area contributed by atoms with Gasteiger partial charge in [-0.2, -0.15) is 11.8 Å². The van der Waals surface area contributed by atoms with Crippen molar-refractivity contribution in [2.24, 2.45) is 5.16 Å². The number of carbonyl (C=O) groups is 1. The minimum Gasteiger partial charge on any atom is -0.411 e. The van der Waals surface area contributed by atoms with Crippen LogP contribution in [0, 0.1) is 0 Å². The lowest BCUT2D eigenvalue weighted by Crippen LogP contribution is -2.40. The Hall–Kier alpha value is -1.49. The summed E-state index contributed by atoms with van der Waals surface area (Å²) in [6, 6.07) is 8.87. The van der Waals surface area contributed by atoms with Crippen LogP contribution in [-0.4, -0.2) is 34.4 Å². The van der Waals surface area contributed by atoms with Crippen molar-refractivity contribution in [1.82, 2.24) is 5.32 Å². The van der Waals surface area contributed by atoms with Gasteiger partial charge in [0.05, 0.1) is 11.8 Å². The third-order valence-electron chi connectivity index (χ3n) is 2.41. The molecule has 1 aliphatic rings. The first-order chi connectivity index (χ1) is 7.81. The third-order valence-corrected chi connectivity index (χ3v) is 3.48. The van der Waals surface area contributed by atoms with E-state index in [9.17, 15) is 4.79 Å². The Morgan fingerprint density at radius 2 is 2.19 bits per heavy atom. The summed E-state index contributed by atoms with van der Waals surface area (Å²) in [5.74, 6) is 1.31. The fourth-order valence-electron chi connectivity index (χ4n) is 1.53. The molecule has 2 rings (SSSR count). The summed E-state index contributed by atoms with van der Waals surface area (Å²) in [7, 11) is 0. The average molecular weight is 236 g/mol. The van der Waals surface area contributed by atoms with Crippen LogP contribution in [0.2, 0.25) is 0 Å². The predicted molar refractivity (Wildman–Crippen MR) is 64.2 cm³/mol. The third kappa shape index (κ3) is 2.36. The minimum absolute atomic E-state index is 0.130. The molecular formula is C11H12N2O2S. The van der Waals surface area contributed by atoms with Crippen LogP contribution in [0.5, 0.6) is 0 Å². The van der Waals surface area contributed by atoms with Gasteiger partial charge in [-0.15, -0.1) is 0 Å². The van der Waals surface area contributed by atoms with E-state index in [0.29, 0.717) is 17.0 Å². The Bertz CT molecular complexity index is 406. The van der Waals surface area contributed by atoms with E-state index in [2.05, 4.69) is 10.5 Å². The molecule has 5 heteroatoms. The van der Waals surface area contributed by atoms with Gasteiger partial charge in [-0.25, -0.2) is 0 Å². The maximum atomic E-state index is 11.8. The molecule has 2 N–H and O–H groups in total. The van der Waals surface area contributed by atoms with Gasteiger partial charge in [-0.1, -0.05) is 23.4 Å². The summed E-state index contributed by atoms with van der Waals surface area (Å²) in [4.78, 5) is 11.8. The largest absolute Gasteiger partial charge is 0.411 e. The van der Waals surface area contributed by atoms with Gasteiger partial charge in [0.1, 0.15) is 0 Å². The van der Waals surface area contributed by atoms with Crippen LogP contribution in [0.4, 0.5) is 0 Å². The first-order valence-electron chi connectivity index (χ1n) is 4.95. The quantitative estimate of drug-likeness (QED) is 0.602. The number of nitrogens with zero attached hydrogens (tertiary/aromatic N) is 1. The zero-order valence-corrected chi connectivity index (χ0v) is 9.41. The number of hydrogen-bond acceptors (Lipinski definition) is 4. The summed E-state index contributed by atoms with van der Waals surface area (Å²) in [6.07, 6.45) is 0. The van der Waals surface area contributed by atoms with Crippen LogP contribution in [0.15, 0.2) is 35.5 Å². The van der Waals surface area contributed by atoms with E-state index in [4.69, 9.17) is 5.21 Å². The van der Waals surface area contributed by atoms with E-state index >= 15 is 0 Å². The van der Waals surface area contributed by atoms with Gasteiger partial charge >= 0.3 is 0 Å². The summed E-state index contributed by atoms with van der Waals surface area (Å²) < 4.78 is 0. The summed E-state index contributed by atoms with van der Waals surface area (Å²) in [6.45, 7) is 0. The average Bonchev–Trinajstić information content (AvgIpc) is 2.77. The van der Waals surface area contributed by atoms with E-state index in [1.165, 1.54) is 0 Å². The van der Waals surface area contributed by atoms with Crippen LogP contribution < -0.4 is 5.32 Å². The highest BCUT2D eigenvalue weighted by Crippen LogP contribution is 2.15. The Morgan fingerprint density at radius 1 is 1.44 bits per heavy atom. The number of carbonyl (C=O) groups excluding carboxylic acids is 1. The standard InChI is InChI=1S/C11H12N2O2S/c14-11(8-4-2-1-3-5-8)12-9-6-16-7-10(9)13-15/h1-5,9,15H,6-7H2,(H,12,14)/b13-10-/t9-/m0/s1. The molecule has 0 radical (unpaired) electrons. The number of hydrogen-bond donors (Lipinski definition) is 2. The fraction of sp³-hybridized carbons (Fsp3) is 0.273. The summed E-state index contributed by atoms with van der Waals surface area (Å²) >= 11 is 1.65. The molecular weight excluding hydrogens is 224 g/mol. The lowest BCUT2D eigenvalue weighted by Gasteiger charge is -2.11. The molecule has 1 atom stereocenters. The number of oxime groups is 1. The van der Waals surface area contributed by atoms with Gasteiger partial charge in [0.2, 0.25) is 0 Å². The zero-order valence-electron chi connectivity index (χ0n) is 8.59. The molecule has 1 heterocycles. The molecule has 16 heavy (non-hydrogen) atoms. The second kappa shape index (κ2) is 5.03. The monoisotopic (exact) mass is 236 g/mol. The molecule has 1 saturated heterocycles. The molecule has 0 bridgehead atoms. The Labute approximate surface area is 97.7 Å². The van der Waals surface area contributed by atoms with Gasteiger partial charge in [0.15, 0.2) is 0 Å². The molecule has 0 aromatic heterocycles. The molecule has 0 saturated carbocycles. The van der Waals surface area contributed by atoms with Crippen LogP contribution in [0.1, 0.15) is 10.4 Å². The molecule has 1 fully saturated rings. The molecule has 1 aromatic rings. The van der Waals surface area contributed by atoms with E-state index in [-0.39, 0.29) is 11.9 Å². The van der Waals surface area contributed by atoms with Gasteiger partial charge in [-0.3, -0.25) is 4.79 Å². The van der Waals surface area contributed by atoms with E-state index < -0.39 is 0 Å². The second-order valence-electron chi connectivity index (χ2n) is 3.50. The summed E-state index contributed by atoms with van der Waals surface area (Å²) in [5.41, 5.74) is 1.26. The van der Waals surface area contributed by atoms with Crippen molar-refractivity contribution in [3.63, 3.8) is 0 Å². The number of benzene rings is 1. The molecule has 4 nitrogen and oxygen atoms in total. The van der Waals surface area contributed by atoms with Crippen LogP contribution >= 0.6 is 11.8 Å². The van der Waals surface area contributed by atoms with Crippen molar-refractivity contribution in [2.75, 3.05) is 11.5 Å². The number of rotatable bonds is 2. The number of nitrogens with one attached hydrogen (secondary N) is 1. The van der Waals surface area contributed by atoms with Crippen LogP contribution in [0.25, 0.3) is 0 Å². The molecule has 0 aliphatic carbocycles.